The van der Waals surface area contributed by atoms with Gasteiger partial charge in [0, 0.05) is 4.88 Å². The Hall–Kier alpha value is -1.48. The van der Waals surface area contributed by atoms with E-state index in [4.69, 9.17) is 9.84 Å². The molecule has 140 valence electrons. The number of amides is 1. The molecule has 0 unspecified atom stereocenters. The fourth-order valence-corrected chi connectivity index (χ4v) is 4.17. The van der Waals surface area contributed by atoms with Gasteiger partial charge in [0.2, 0.25) is 0 Å². The number of carbonyl (C=O) groups is 2. The van der Waals surface area contributed by atoms with E-state index in [2.05, 4.69) is 5.32 Å². The summed E-state index contributed by atoms with van der Waals surface area (Å²) in [6.07, 6.45) is 0. The van der Waals surface area contributed by atoms with Gasteiger partial charge in [0.25, 0.3) is 5.91 Å². The highest BCUT2D eigenvalue weighted by Gasteiger charge is 2.26. The summed E-state index contributed by atoms with van der Waals surface area (Å²) in [5.41, 5.74) is 1.34. The van der Waals surface area contributed by atoms with Crippen LogP contribution < -0.4 is 15.1 Å². The lowest BCUT2D eigenvalue weighted by atomic mass is 10.1. The van der Waals surface area contributed by atoms with Crippen molar-refractivity contribution in [3.63, 3.8) is 0 Å². The molecule has 0 radical (unpaired) electrons. The monoisotopic (exact) mass is 371 g/mol. The molecule has 1 aliphatic rings. The minimum atomic E-state index is -0.381. The lowest BCUT2D eigenvalue weighted by Crippen LogP contribution is -3.28. The molecule has 2 rings (SSSR count). The molecule has 0 aliphatic carbocycles. The topological polar surface area (TPSA) is 84.5 Å². The Kier molecular flexibility index (Phi) is 7.37. The van der Waals surface area contributed by atoms with Crippen LogP contribution in [0.15, 0.2) is 0 Å². The number of hydrogen-bond acceptors (Lipinski definition) is 5. The molecule has 25 heavy (non-hydrogen) atoms. The van der Waals surface area contributed by atoms with E-state index in [-0.39, 0.29) is 18.5 Å². The second kappa shape index (κ2) is 9.28. The average Bonchev–Trinajstić information content (AvgIpc) is 2.84. The van der Waals surface area contributed by atoms with E-state index in [1.54, 1.807) is 6.92 Å². The van der Waals surface area contributed by atoms with Crippen molar-refractivity contribution in [2.45, 2.75) is 20.8 Å². The number of ether oxygens (including phenoxy) is 1. The van der Waals surface area contributed by atoms with Crippen LogP contribution in [0, 0.1) is 13.8 Å². The first kappa shape index (κ1) is 19.8. The lowest BCUT2D eigenvalue weighted by molar-refractivity contribution is -1.01. The maximum atomic E-state index is 12.4. The Labute approximate surface area is 152 Å². The van der Waals surface area contributed by atoms with E-state index < -0.39 is 0 Å². The SMILES string of the molecule is CCOC(=O)c1c(NC(=O)C[NH+]2CC[NH+](CCO)CC2)sc(C)c1C. The Balaban J connectivity index is 1.95. The van der Waals surface area contributed by atoms with Gasteiger partial charge in [0.1, 0.15) is 37.7 Å². The van der Waals surface area contributed by atoms with Crippen molar-refractivity contribution in [1.82, 2.24) is 0 Å². The fraction of sp³-hybridized carbons (Fsp3) is 0.647. The predicted octanol–water partition coefficient (Wildman–Crippen LogP) is -1.74. The third-order valence-corrected chi connectivity index (χ3v) is 5.78. The molecule has 1 fully saturated rings. The van der Waals surface area contributed by atoms with Crippen molar-refractivity contribution in [2.24, 2.45) is 0 Å². The van der Waals surface area contributed by atoms with E-state index in [1.807, 2.05) is 13.8 Å². The number of nitrogens with one attached hydrogen (secondary N) is 3. The molecule has 1 aromatic rings. The fourth-order valence-electron chi connectivity index (χ4n) is 3.10. The Morgan fingerprint density at radius 2 is 1.84 bits per heavy atom. The van der Waals surface area contributed by atoms with Crippen LogP contribution in [0.4, 0.5) is 5.00 Å². The van der Waals surface area contributed by atoms with Gasteiger partial charge in [-0.3, -0.25) is 4.79 Å². The first-order valence-electron chi connectivity index (χ1n) is 8.81. The zero-order valence-electron chi connectivity index (χ0n) is 15.2. The molecule has 1 aliphatic heterocycles. The maximum Gasteiger partial charge on any atom is 0.341 e. The number of aliphatic hydroxyl groups excluding tert-OH is 1. The van der Waals surface area contributed by atoms with E-state index >= 15 is 0 Å². The summed E-state index contributed by atoms with van der Waals surface area (Å²) < 4.78 is 5.12. The average molecular weight is 372 g/mol. The molecular weight excluding hydrogens is 342 g/mol. The van der Waals surface area contributed by atoms with Crippen molar-refractivity contribution < 1.29 is 29.2 Å². The number of rotatable bonds is 7. The maximum absolute atomic E-state index is 12.4. The van der Waals surface area contributed by atoms with E-state index in [1.165, 1.54) is 21.1 Å². The smallest absolute Gasteiger partial charge is 0.341 e. The second-order valence-electron chi connectivity index (χ2n) is 6.41. The largest absolute Gasteiger partial charge is 0.462 e. The van der Waals surface area contributed by atoms with Gasteiger partial charge < -0.3 is 25.0 Å². The Morgan fingerprint density at radius 1 is 1.20 bits per heavy atom. The van der Waals surface area contributed by atoms with Crippen LogP contribution in [0.25, 0.3) is 0 Å². The van der Waals surface area contributed by atoms with Gasteiger partial charge in [-0.2, -0.15) is 0 Å². The molecule has 8 heteroatoms. The number of hydrogen-bond donors (Lipinski definition) is 4. The number of piperazine rings is 1. The van der Waals surface area contributed by atoms with Crippen LogP contribution in [0.3, 0.4) is 0 Å². The predicted molar refractivity (Wildman–Crippen MR) is 96.6 cm³/mol. The Bertz CT molecular complexity index is 609. The van der Waals surface area contributed by atoms with Gasteiger partial charge in [-0.25, -0.2) is 4.79 Å². The molecule has 0 spiro atoms. The zero-order chi connectivity index (χ0) is 18.4. The summed E-state index contributed by atoms with van der Waals surface area (Å²) in [7, 11) is 0. The quantitative estimate of drug-likeness (QED) is 0.429. The summed E-state index contributed by atoms with van der Waals surface area (Å²) in [6.45, 7) is 11.0. The highest BCUT2D eigenvalue weighted by Crippen LogP contribution is 2.32. The molecule has 0 bridgehead atoms. The van der Waals surface area contributed by atoms with Crippen LogP contribution in [0.2, 0.25) is 0 Å². The van der Waals surface area contributed by atoms with E-state index in [0.717, 1.165) is 43.2 Å². The van der Waals surface area contributed by atoms with Crippen LogP contribution in [0.5, 0.6) is 0 Å². The van der Waals surface area contributed by atoms with E-state index in [0.29, 0.717) is 23.7 Å². The lowest BCUT2D eigenvalue weighted by Gasteiger charge is -2.28. The molecule has 4 N–H and O–H groups in total. The van der Waals surface area contributed by atoms with Gasteiger partial charge in [-0.05, 0) is 26.3 Å². The number of esters is 1. The molecule has 1 amide bonds. The van der Waals surface area contributed by atoms with Crippen molar-refractivity contribution in [3.8, 4) is 0 Å². The second-order valence-corrected chi connectivity index (χ2v) is 7.63. The van der Waals surface area contributed by atoms with Gasteiger partial charge in [0.05, 0.1) is 18.8 Å². The van der Waals surface area contributed by atoms with Gasteiger partial charge >= 0.3 is 5.97 Å². The molecule has 1 saturated heterocycles. The summed E-state index contributed by atoms with van der Waals surface area (Å²) in [5, 5.41) is 12.5. The highest BCUT2D eigenvalue weighted by atomic mass is 32.1. The first-order valence-corrected chi connectivity index (χ1v) is 9.62. The molecular formula is C17H29N3O4S+2. The number of aryl methyl sites for hydroxylation is 1. The molecule has 1 aromatic heterocycles. The van der Waals surface area contributed by atoms with Crippen LogP contribution in [0.1, 0.15) is 27.7 Å². The van der Waals surface area contributed by atoms with Crippen LogP contribution >= 0.6 is 11.3 Å². The minimum absolute atomic E-state index is 0.0765. The van der Waals surface area contributed by atoms with Crippen LogP contribution in [-0.4, -0.2) is 69.5 Å². The minimum Gasteiger partial charge on any atom is -0.462 e. The number of anilines is 1. The van der Waals surface area contributed by atoms with Crippen molar-refractivity contribution >= 4 is 28.2 Å². The molecule has 7 nitrogen and oxygen atoms in total. The van der Waals surface area contributed by atoms with Crippen molar-refractivity contribution in [2.75, 3.05) is 57.8 Å². The standard InChI is InChI=1S/C17H27N3O4S/c1-4-24-17(23)15-12(2)13(3)25-16(15)18-14(22)11-20-7-5-19(6-8-20)9-10-21/h21H,4-11H2,1-3H3,(H,18,22)/p+2. The third-order valence-electron chi connectivity index (χ3n) is 4.66. The molecule has 0 atom stereocenters. The molecule has 2 heterocycles. The van der Waals surface area contributed by atoms with Crippen molar-refractivity contribution in [1.29, 1.82) is 0 Å². The first-order chi connectivity index (χ1) is 12.0. The van der Waals surface area contributed by atoms with Gasteiger partial charge in [-0.1, -0.05) is 0 Å². The van der Waals surface area contributed by atoms with Crippen LogP contribution in [-0.2, 0) is 9.53 Å². The summed E-state index contributed by atoms with van der Waals surface area (Å²) in [5.74, 6) is -0.458. The number of aliphatic hydroxyl groups is 1. The number of thiophene rings is 1. The zero-order valence-corrected chi connectivity index (χ0v) is 16.1. The van der Waals surface area contributed by atoms with Gasteiger partial charge in [0.15, 0.2) is 6.54 Å². The number of quaternary nitrogens is 2. The third kappa shape index (κ3) is 5.24. The normalized spacial score (nSPS) is 20.3. The van der Waals surface area contributed by atoms with Crippen molar-refractivity contribution in [3.05, 3.63) is 16.0 Å². The summed E-state index contributed by atoms with van der Waals surface area (Å²) in [6, 6.07) is 0. The number of carbonyl (C=O) groups excluding carboxylic acids is 2. The van der Waals surface area contributed by atoms with Gasteiger partial charge in [-0.15, -0.1) is 11.3 Å². The Morgan fingerprint density at radius 3 is 2.44 bits per heavy atom. The summed E-state index contributed by atoms with van der Waals surface area (Å²) in [4.78, 5) is 28.2. The summed E-state index contributed by atoms with van der Waals surface area (Å²) >= 11 is 1.42. The molecule has 0 aromatic carbocycles. The highest BCUT2D eigenvalue weighted by molar-refractivity contribution is 7.16. The van der Waals surface area contributed by atoms with E-state index in [9.17, 15) is 9.59 Å². The molecule has 0 saturated carbocycles.